The molecule has 1 saturated heterocycles. The number of rotatable bonds is 5. The van der Waals surface area contributed by atoms with Gasteiger partial charge in [0.15, 0.2) is 0 Å². The van der Waals surface area contributed by atoms with Crippen LogP contribution in [0.25, 0.3) is 0 Å². The second-order valence-electron chi connectivity index (χ2n) is 7.08. The molecule has 29 heavy (non-hydrogen) atoms. The molecule has 0 aliphatic carbocycles. The highest BCUT2D eigenvalue weighted by molar-refractivity contribution is 7.92. The van der Waals surface area contributed by atoms with Crippen molar-refractivity contribution in [2.24, 2.45) is 0 Å². The van der Waals surface area contributed by atoms with Crippen molar-refractivity contribution in [3.05, 3.63) is 59.7 Å². The quantitative estimate of drug-likeness (QED) is 0.773. The largest absolute Gasteiger partial charge is 0.336 e. The van der Waals surface area contributed by atoms with E-state index >= 15 is 0 Å². The number of hydrogen-bond acceptors (Lipinski definition) is 5. The maximum Gasteiger partial charge on any atom is 0.255 e. The summed E-state index contributed by atoms with van der Waals surface area (Å²) in [4.78, 5) is 29.0. The van der Waals surface area contributed by atoms with Crippen LogP contribution in [0.2, 0.25) is 0 Å². The number of anilines is 2. The highest BCUT2D eigenvalue weighted by Crippen LogP contribution is 2.16. The molecule has 8 nitrogen and oxygen atoms in total. The summed E-state index contributed by atoms with van der Waals surface area (Å²) in [5.74, 6) is -0.334. The molecule has 0 aromatic heterocycles. The normalized spacial score (nSPS) is 15.0. The first-order chi connectivity index (χ1) is 13.7. The van der Waals surface area contributed by atoms with Gasteiger partial charge in [0.1, 0.15) is 0 Å². The van der Waals surface area contributed by atoms with E-state index < -0.39 is 10.0 Å². The number of benzene rings is 2. The van der Waals surface area contributed by atoms with Gasteiger partial charge in [0, 0.05) is 48.7 Å². The predicted molar refractivity (Wildman–Crippen MR) is 113 cm³/mol. The fourth-order valence-corrected chi connectivity index (χ4v) is 3.56. The molecule has 0 unspecified atom stereocenters. The minimum Gasteiger partial charge on any atom is -0.336 e. The smallest absolute Gasteiger partial charge is 0.255 e. The number of likely N-dealkylation sites (N-methyl/N-ethyl adjacent to an activating group) is 1. The van der Waals surface area contributed by atoms with Gasteiger partial charge in [-0.05, 0) is 55.6 Å². The lowest BCUT2D eigenvalue weighted by molar-refractivity contribution is 0.0664. The van der Waals surface area contributed by atoms with Gasteiger partial charge in [-0.3, -0.25) is 14.3 Å². The Morgan fingerprint density at radius 2 is 1.34 bits per heavy atom. The third kappa shape index (κ3) is 5.78. The minimum atomic E-state index is -3.36. The maximum atomic E-state index is 12.6. The van der Waals surface area contributed by atoms with E-state index in [0.717, 1.165) is 19.3 Å². The standard InChI is InChI=1S/C20H24N4O4S/c1-23-11-13-24(14-12-23)20(26)16-5-7-17(8-6-16)21-19(25)15-3-9-18(10-4-15)22-29(2,27)28/h3-10,22H,11-14H2,1-2H3,(H,21,25). The van der Waals surface area contributed by atoms with Gasteiger partial charge in [-0.1, -0.05) is 0 Å². The number of carbonyl (C=O) groups is 2. The minimum absolute atomic E-state index is 0.00931. The van der Waals surface area contributed by atoms with Gasteiger partial charge in [-0.15, -0.1) is 0 Å². The van der Waals surface area contributed by atoms with Crippen molar-refractivity contribution >= 4 is 33.2 Å². The molecule has 2 aromatic rings. The van der Waals surface area contributed by atoms with Gasteiger partial charge >= 0.3 is 0 Å². The van der Waals surface area contributed by atoms with Crippen LogP contribution in [0.1, 0.15) is 20.7 Å². The molecule has 0 atom stereocenters. The van der Waals surface area contributed by atoms with Crippen LogP contribution >= 0.6 is 0 Å². The Morgan fingerprint density at radius 1 is 0.828 bits per heavy atom. The molecule has 1 heterocycles. The van der Waals surface area contributed by atoms with E-state index in [1.807, 2.05) is 11.9 Å². The molecule has 1 aliphatic heterocycles. The molecule has 154 valence electrons. The Balaban J connectivity index is 1.60. The van der Waals surface area contributed by atoms with Crippen molar-refractivity contribution in [3.63, 3.8) is 0 Å². The van der Waals surface area contributed by atoms with Crippen LogP contribution in [0.5, 0.6) is 0 Å². The summed E-state index contributed by atoms with van der Waals surface area (Å²) in [5, 5.41) is 2.77. The molecule has 0 radical (unpaired) electrons. The summed E-state index contributed by atoms with van der Waals surface area (Å²) in [5.41, 5.74) is 1.93. The Bertz CT molecular complexity index is 980. The summed E-state index contributed by atoms with van der Waals surface area (Å²) >= 11 is 0. The van der Waals surface area contributed by atoms with Crippen LogP contribution in [0.15, 0.2) is 48.5 Å². The van der Waals surface area contributed by atoms with Crippen LogP contribution in [0, 0.1) is 0 Å². The third-order valence-electron chi connectivity index (χ3n) is 4.63. The summed E-state index contributed by atoms with van der Waals surface area (Å²) in [7, 11) is -1.33. The van der Waals surface area contributed by atoms with Crippen molar-refractivity contribution in [2.45, 2.75) is 0 Å². The highest BCUT2D eigenvalue weighted by Gasteiger charge is 2.20. The van der Waals surface area contributed by atoms with Gasteiger partial charge in [0.2, 0.25) is 10.0 Å². The van der Waals surface area contributed by atoms with E-state index in [1.165, 1.54) is 24.3 Å². The molecule has 9 heteroatoms. The fourth-order valence-electron chi connectivity index (χ4n) is 3.00. The Hall–Kier alpha value is -2.91. The molecular formula is C20H24N4O4S. The maximum absolute atomic E-state index is 12.6. The molecule has 2 aromatic carbocycles. The topological polar surface area (TPSA) is 98.8 Å². The van der Waals surface area contributed by atoms with E-state index in [-0.39, 0.29) is 11.8 Å². The molecular weight excluding hydrogens is 392 g/mol. The highest BCUT2D eigenvalue weighted by atomic mass is 32.2. The molecule has 0 bridgehead atoms. The second-order valence-corrected chi connectivity index (χ2v) is 8.83. The Kier molecular flexibility index (Phi) is 6.19. The zero-order chi connectivity index (χ0) is 21.0. The predicted octanol–water partition coefficient (Wildman–Crippen LogP) is 1.70. The van der Waals surface area contributed by atoms with Gasteiger partial charge < -0.3 is 15.1 Å². The van der Waals surface area contributed by atoms with Crippen LogP contribution < -0.4 is 10.0 Å². The van der Waals surface area contributed by atoms with Crippen molar-refractivity contribution in [1.82, 2.24) is 9.80 Å². The summed E-state index contributed by atoms with van der Waals surface area (Å²) in [6.45, 7) is 3.13. The van der Waals surface area contributed by atoms with Crippen molar-refractivity contribution in [2.75, 3.05) is 49.5 Å². The fraction of sp³-hybridized carbons (Fsp3) is 0.300. The molecule has 0 spiro atoms. The third-order valence-corrected chi connectivity index (χ3v) is 5.24. The average molecular weight is 417 g/mol. The lowest BCUT2D eigenvalue weighted by Crippen LogP contribution is -2.47. The molecule has 1 fully saturated rings. The zero-order valence-corrected chi connectivity index (χ0v) is 17.2. The summed E-state index contributed by atoms with van der Waals surface area (Å²) in [6.07, 6.45) is 1.06. The number of nitrogens with one attached hydrogen (secondary N) is 2. The number of nitrogens with zero attached hydrogens (tertiary/aromatic N) is 2. The zero-order valence-electron chi connectivity index (χ0n) is 16.4. The lowest BCUT2D eigenvalue weighted by atomic mass is 10.1. The molecule has 1 aliphatic rings. The SMILES string of the molecule is CN1CCN(C(=O)c2ccc(NC(=O)c3ccc(NS(C)(=O)=O)cc3)cc2)CC1. The van der Waals surface area contributed by atoms with Crippen molar-refractivity contribution in [3.8, 4) is 0 Å². The van der Waals surface area contributed by atoms with E-state index in [2.05, 4.69) is 14.9 Å². The van der Waals surface area contributed by atoms with Crippen molar-refractivity contribution in [1.29, 1.82) is 0 Å². The molecule has 3 rings (SSSR count). The lowest BCUT2D eigenvalue weighted by Gasteiger charge is -2.32. The Labute approximate surface area is 170 Å². The average Bonchev–Trinajstić information content (AvgIpc) is 2.68. The first-order valence-electron chi connectivity index (χ1n) is 9.18. The summed E-state index contributed by atoms with van der Waals surface area (Å²) < 4.78 is 24.8. The number of sulfonamides is 1. The number of carbonyl (C=O) groups excluding carboxylic acids is 2. The van der Waals surface area contributed by atoms with Crippen LogP contribution in [0.3, 0.4) is 0 Å². The van der Waals surface area contributed by atoms with E-state index in [4.69, 9.17) is 0 Å². The van der Waals surface area contributed by atoms with Crippen LogP contribution in [-0.4, -0.2) is 69.5 Å². The van der Waals surface area contributed by atoms with Crippen LogP contribution in [0.4, 0.5) is 11.4 Å². The number of hydrogen-bond donors (Lipinski definition) is 2. The van der Waals surface area contributed by atoms with E-state index in [0.29, 0.717) is 35.6 Å². The summed E-state index contributed by atoms with van der Waals surface area (Å²) in [6, 6.07) is 12.9. The molecule has 2 amide bonds. The monoisotopic (exact) mass is 416 g/mol. The van der Waals surface area contributed by atoms with Gasteiger partial charge in [-0.25, -0.2) is 8.42 Å². The van der Waals surface area contributed by atoms with Gasteiger partial charge in [-0.2, -0.15) is 0 Å². The number of piperazine rings is 1. The molecule has 0 saturated carbocycles. The van der Waals surface area contributed by atoms with Gasteiger partial charge in [0.25, 0.3) is 11.8 Å². The van der Waals surface area contributed by atoms with E-state index in [1.54, 1.807) is 24.3 Å². The molecule has 2 N–H and O–H groups in total. The van der Waals surface area contributed by atoms with Crippen LogP contribution in [-0.2, 0) is 10.0 Å². The first-order valence-corrected chi connectivity index (χ1v) is 11.1. The second kappa shape index (κ2) is 8.62. The van der Waals surface area contributed by atoms with Gasteiger partial charge in [0.05, 0.1) is 6.26 Å². The Morgan fingerprint density at radius 3 is 1.90 bits per heavy atom. The first kappa shape index (κ1) is 20.8. The van der Waals surface area contributed by atoms with E-state index in [9.17, 15) is 18.0 Å². The number of amides is 2. The van der Waals surface area contributed by atoms with Crippen molar-refractivity contribution < 1.29 is 18.0 Å².